The molecule has 1 heterocycles. The summed E-state index contributed by atoms with van der Waals surface area (Å²) in [6.45, 7) is 1.70. The highest BCUT2D eigenvalue weighted by Gasteiger charge is 2.38. The van der Waals surface area contributed by atoms with Gasteiger partial charge in [0.25, 0.3) is 5.91 Å². The fourth-order valence-corrected chi connectivity index (χ4v) is 3.21. The number of hydrogen-bond acceptors (Lipinski definition) is 4. The van der Waals surface area contributed by atoms with Gasteiger partial charge in [-0.25, -0.2) is 0 Å². The highest BCUT2D eigenvalue weighted by molar-refractivity contribution is 5.84. The predicted molar refractivity (Wildman–Crippen MR) is 84.0 cm³/mol. The number of nitrogens with zero attached hydrogens (tertiary/aromatic N) is 1. The Bertz CT molecular complexity index is 450. The minimum Gasteiger partial charge on any atom is -0.379 e. The third-order valence-corrected chi connectivity index (χ3v) is 4.53. The molecule has 6 heteroatoms. The first kappa shape index (κ1) is 17.0. The molecule has 1 saturated heterocycles. The number of rotatable bonds is 6. The highest BCUT2D eigenvalue weighted by Crippen LogP contribution is 2.21. The topological polar surface area (TPSA) is 95.7 Å². The van der Waals surface area contributed by atoms with Crippen LogP contribution in [0.1, 0.15) is 44.9 Å². The number of likely N-dealkylation sites (tertiary alicyclic amines) is 1. The minimum atomic E-state index is -1.49. The number of nitrogens with one attached hydrogen (secondary N) is 1. The Morgan fingerprint density at radius 2 is 2.18 bits per heavy atom. The molecule has 0 aromatic heterocycles. The van der Waals surface area contributed by atoms with Crippen LogP contribution >= 0.6 is 0 Å². The maximum absolute atomic E-state index is 12.0. The van der Waals surface area contributed by atoms with E-state index in [1.807, 2.05) is 0 Å². The van der Waals surface area contributed by atoms with Crippen LogP contribution < -0.4 is 11.1 Å². The van der Waals surface area contributed by atoms with E-state index in [4.69, 9.17) is 5.73 Å². The second-order valence-corrected chi connectivity index (χ2v) is 6.42. The van der Waals surface area contributed by atoms with Crippen molar-refractivity contribution in [1.29, 1.82) is 0 Å². The van der Waals surface area contributed by atoms with Crippen molar-refractivity contribution in [1.82, 2.24) is 10.2 Å². The number of carbonyl (C=O) groups is 2. The van der Waals surface area contributed by atoms with Crippen molar-refractivity contribution in [2.75, 3.05) is 26.2 Å². The third kappa shape index (κ3) is 4.81. The van der Waals surface area contributed by atoms with Crippen LogP contribution in [0.5, 0.6) is 0 Å². The van der Waals surface area contributed by atoms with Gasteiger partial charge in [-0.3, -0.25) is 14.5 Å². The number of amides is 2. The molecule has 2 rings (SSSR count). The molecule has 4 N–H and O–H groups in total. The second kappa shape index (κ2) is 7.74. The molecule has 0 aromatic rings. The fraction of sp³-hybridized carbons (Fsp3) is 0.750. The molecular formula is C16H27N3O3. The zero-order valence-corrected chi connectivity index (χ0v) is 13.1. The van der Waals surface area contributed by atoms with E-state index in [-0.39, 0.29) is 19.0 Å². The predicted octanol–water partition coefficient (Wildman–Crippen LogP) is 0.305. The number of hydrogen-bond donors (Lipinski definition) is 3. The Hall–Kier alpha value is -1.40. The van der Waals surface area contributed by atoms with Gasteiger partial charge in [-0.15, -0.1) is 0 Å². The third-order valence-electron chi connectivity index (χ3n) is 4.53. The van der Waals surface area contributed by atoms with Crippen LogP contribution in [0.4, 0.5) is 0 Å². The Labute approximate surface area is 131 Å². The van der Waals surface area contributed by atoms with Gasteiger partial charge in [-0.2, -0.15) is 0 Å². The monoisotopic (exact) mass is 309 g/mol. The number of allylic oxidation sites excluding steroid dienone is 1. The fourth-order valence-electron chi connectivity index (χ4n) is 3.21. The number of piperidine rings is 1. The van der Waals surface area contributed by atoms with Crippen LogP contribution in [0.2, 0.25) is 0 Å². The number of primary amides is 1. The van der Waals surface area contributed by atoms with Gasteiger partial charge in [0.05, 0.1) is 6.54 Å². The average Bonchev–Trinajstić information content (AvgIpc) is 2.48. The molecule has 1 aliphatic carbocycles. The molecule has 1 atom stereocenters. The molecule has 0 aromatic carbocycles. The molecule has 124 valence electrons. The lowest BCUT2D eigenvalue weighted by Crippen LogP contribution is -2.57. The van der Waals surface area contributed by atoms with Crippen LogP contribution in [0.3, 0.4) is 0 Å². The Morgan fingerprint density at radius 3 is 2.86 bits per heavy atom. The van der Waals surface area contributed by atoms with Crippen molar-refractivity contribution >= 4 is 11.8 Å². The van der Waals surface area contributed by atoms with Gasteiger partial charge in [0, 0.05) is 13.1 Å². The summed E-state index contributed by atoms with van der Waals surface area (Å²) >= 11 is 0. The maximum Gasteiger partial charge on any atom is 0.250 e. The summed E-state index contributed by atoms with van der Waals surface area (Å²) in [4.78, 5) is 25.1. The van der Waals surface area contributed by atoms with Gasteiger partial charge >= 0.3 is 0 Å². The molecule has 1 aliphatic heterocycles. The minimum absolute atomic E-state index is 0.0647. The summed E-state index contributed by atoms with van der Waals surface area (Å²) in [5, 5.41) is 13.0. The van der Waals surface area contributed by atoms with Crippen LogP contribution in [-0.4, -0.2) is 53.6 Å². The molecule has 0 spiro atoms. The average molecular weight is 309 g/mol. The molecule has 0 unspecified atom stereocenters. The van der Waals surface area contributed by atoms with Crippen LogP contribution in [0.15, 0.2) is 11.6 Å². The van der Waals surface area contributed by atoms with Crippen LogP contribution in [0.25, 0.3) is 0 Å². The first-order chi connectivity index (χ1) is 10.5. The van der Waals surface area contributed by atoms with Crippen LogP contribution in [-0.2, 0) is 9.59 Å². The lowest BCUT2D eigenvalue weighted by Gasteiger charge is -2.36. The first-order valence-corrected chi connectivity index (χ1v) is 8.19. The number of β-amino-alcohol motifs (C(OH)–C–C–N with tert-alkyl or cyclic N) is 1. The van der Waals surface area contributed by atoms with Crippen molar-refractivity contribution in [3.63, 3.8) is 0 Å². The van der Waals surface area contributed by atoms with E-state index in [0.29, 0.717) is 25.9 Å². The van der Waals surface area contributed by atoms with E-state index < -0.39 is 11.5 Å². The Morgan fingerprint density at radius 1 is 1.36 bits per heavy atom. The van der Waals surface area contributed by atoms with Crippen molar-refractivity contribution in [2.24, 2.45) is 5.73 Å². The molecule has 0 bridgehead atoms. The van der Waals surface area contributed by atoms with E-state index >= 15 is 0 Å². The SMILES string of the molecule is NC(=O)[C@]1(O)CCCN(CC(=O)NCCC2=CCCCC2)C1. The molecule has 2 amide bonds. The molecule has 2 aliphatic rings. The number of carbonyl (C=O) groups excluding carboxylic acids is 2. The summed E-state index contributed by atoms with van der Waals surface area (Å²) in [5.41, 5.74) is 5.18. The normalized spacial score (nSPS) is 26.3. The van der Waals surface area contributed by atoms with E-state index in [9.17, 15) is 14.7 Å². The standard InChI is InChI=1S/C16H27N3O3/c17-15(21)16(22)8-4-10-19(12-16)11-14(20)18-9-7-13-5-2-1-3-6-13/h5,22H,1-4,6-12H2,(H2,17,21)(H,18,20)/t16-/m0/s1. The molecule has 0 saturated carbocycles. The highest BCUT2D eigenvalue weighted by atomic mass is 16.3. The van der Waals surface area contributed by atoms with Crippen molar-refractivity contribution in [3.8, 4) is 0 Å². The van der Waals surface area contributed by atoms with E-state index in [1.165, 1.54) is 18.4 Å². The second-order valence-electron chi connectivity index (χ2n) is 6.42. The molecule has 6 nitrogen and oxygen atoms in total. The summed E-state index contributed by atoms with van der Waals surface area (Å²) < 4.78 is 0. The van der Waals surface area contributed by atoms with Gasteiger partial charge in [0.2, 0.25) is 5.91 Å². The van der Waals surface area contributed by atoms with E-state index in [0.717, 1.165) is 19.3 Å². The number of nitrogens with two attached hydrogens (primary N) is 1. The van der Waals surface area contributed by atoms with E-state index in [2.05, 4.69) is 11.4 Å². The Balaban J connectivity index is 1.70. The quantitative estimate of drug-likeness (QED) is 0.615. The van der Waals surface area contributed by atoms with Crippen molar-refractivity contribution < 1.29 is 14.7 Å². The van der Waals surface area contributed by atoms with Gasteiger partial charge in [-0.05, 0) is 51.5 Å². The maximum atomic E-state index is 12.0. The summed E-state index contributed by atoms with van der Waals surface area (Å²) in [7, 11) is 0. The van der Waals surface area contributed by atoms with Gasteiger partial charge in [0.15, 0.2) is 5.60 Å². The molecule has 0 radical (unpaired) electrons. The summed E-state index contributed by atoms with van der Waals surface area (Å²) in [6.07, 6.45) is 9.06. The lowest BCUT2D eigenvalue weighted by atomic mass is 9.92. The summed E-state index contributed by atoms with van der Waals surface area (Å²) in [6, 6.07) is 0. The largest absolute Gasteiger partial charge is 0.379 e. The van der Waals surface area contributed by atoms with E-state index in [1.54, 1.807) is 4.90 Å². The molecular weight excluding hydrogens is 282 g/mol. The van der Waals surface area contributed by atoms with Gasteiger partial charge in [-0.1, -0.05) is 11.6 Å². The number of aliphatic hydroxyl groups is 1. The zero-order valence-electron chi connectivity index (χ0n) is 13.1. The molecule has 22 heavy (non-hydrogen) atoms. The van der Waals surface area contributed by atoms with Crippen LogP contribution in [0, 0.1) is 0 Å². The molecule has 1 fully saturated rings. The van der Waals surface area contributed by atoms with Gasteiger partial charge in [0.1, 0.15) is 0 Å². The Kier molecular flexibility index (Phi) is 5.97. The smallest absolute Gasteiger partial charge is 0.250 e. The lowest BCUT2D eigenvalue weighted by molar-refractivity contribution is -0.143. The summed E-state index contributed by atoms with van der Waals surface area (Å²) in [5.74, 6) is -0.771. The zero-order chi connectivity index (χ0) is 16.0. The van der Waals surface area contributed by atoms with Crippen molar-refractivity contribution in [3.05, 3.63) is 11.6 Å². The van der Waals surface area contributed by atoms with Gasteiger partial charge < -0.3 is 16.2 Å². The van der Waals surface area contributed by atoms with Crippen molar-refractivity contribution in [2.45, 2.75) is 50.5 Å². The first-order valence-electron chi connectivity index (χ1n) is 8.19.